The Morgan fingerprint density at radius 1 is 0.673 bits per heavy atom. The monoisotopic (exact) mass is 682 g/mol. The van der Waals surface area contributed by atoms with Crippen LogP contribution in [0.15, 0.2) is 30.3 Å². The lowest BCUT2D eigenvalue weighted by molar-refractivity contribution is -0.146. The van der Waals surface area contributed by atoms with Crippen LogP contribution in [0.1, 0.15) is 51.5 Å². The number of amides is 8. The van der Waals surface area contributed by atoms with Gasteiger partial charge in [0.2, 0.25) is 47.3 Å². The molecule has 0 aliphatic carbocycles. The molecule has 0 aromatic heterocycles. The lowest BCUT2D eigenvalue weighted by Gasteiger charge is -2.31. The number of hydrogen-bond donors (Lipinski definition) is 6. The van der Waals surface area contributed by atoms with Gasteiger partial charge in [-0.25, -0.2) is 0 Å². The van der Waals surface area contributed by atoms with Crippen LogP contribution < -0.4 is 31.9 Å². The van der Waals surface area contributed by atoms with Gasteiger partial charge in [0.25, 0.3) is 0 Å². The predicted octanol–water partition coefficient (Wildman–Crippen LogP) is -2.29. The van der Waals surface area contributed by atoms with Crippen LogP contribution in [0.4, 0.5) is 0 Å². The maximum atomic E-state index is 13.8. The third kappa shape index (κ3) is 9.99. The second-order valence-corrected chi connectivity index (χ2v) is 12.6. The molecular weight excluding hydrogens is 636 g/mol. The topological polar surface area (TPSA) is 215 Å². The zero-order valence-electron chi connectivity index (χ0n) is 27.9. The number of nitrogens with zero attached hydrogens (tertiary/aromatic N) is 2. The van der Waals surface area contributed by atoms with E-state index >= 15 is 0 Å². The number of carbonyl (C=O) groups is 8. The van der Waals surface area contributed by atoms with Crippen LogP contribution in [0.3, 0.4) is 0 Å². The van der Waals surface area contributed by atoms with Crippen molar-refractivity contribution in [3.05, 3.63) is 35.9 Å². The van der Waals surface area contributed by atoms with Crippen molar-refractivity contribution in [3.63, 3.8) is 0 Å². The normalized spacial score (nSPS) is 26.2. The molecule has 3 fully saturated rings. The summed E-state index contributed by atoms with van der Waals surface area (Å²) in [5.74, 6) is -4.93. The number of rotatable bonds is 4. The van der Waals surface area contributed by atoms with Gasteiger partial charge in [0.1, 0.15) is 24.2 Å². The van der Waals surface area contributed by atoms with Gasteiger partial charge in [0.15, 0.2) is 0 Å². The van der Waals surface area contributed by atoms with Gasteiger partial charge >= 0.3 is 0 Å². The Labute approximate surface area is 284 Å². The Morgan fingerprint density at radius 3 is 1.96 bits per heavy atom. The van der Waals surface area contributed by atoms with E-state index in [9.17, 15) is 38.4 Å². The van der Waals surface area contributed by atoms with Crippen LogP contribution in [0.2, 0.25) is 0 Å². The Morgan fingerprint density at radius 2 is 1.27 bits per heavy atom. The highest BCUT2D eigenvalue weighted by molar-refractivity contribution is 5.97. The van der Waals surface area contributed by atoms with Gasteiger partial charge in [-0.15, -0.1) is 0 Å². The molecule has 16 heteroatoms. The van der Waals surface area contributed by atoms with Crippen LogP contribution in [0, 0.1) is 5.92 Å². The van der Waals surface area contributed by atoms with Crippen molar-refractivity contribution in [1.82, 2.24) is 41.7 Å². The van der Waals surface area contributed by atoms with E-state index in [-0.39, 0.29) is 18.2 Å². The molecule has 0 saturated carbocycles. The molecule has 1 aromatic carbocycles. The molecule has 3 aliphatic rings. The second-order valence-electron chi connectivity index (χ2n) is 12.6. The van der Waals surface area contributed by atoms with Gasteiger partial charge in [-0.2, -0.15) is 0 Å². The Balaban J connectivity index is 1.56. The van der Waals surface area contributed by atoms with Crippen LogP contribution in [0.25, 0.3) is 0 Å². The maximum Gasteiger partial charge on any atom is 0.246 e. The quantitative estimate of drug-likeness (QED) is 0.203. The van der Waals surface area contributed by atoms with Gasteiger partial charge in [0.05, 0.1) is 26.2 Å². The molecule has 5 atom stereocenters. The lowest BCUT2D eigenvalue weighted by Crippen LogP contribution is -2.58. The fourth-order valence-electron chi connectivity index (χ4n) is 6.22. The molecule has 3 aliphatic heterocycles. The first-order valence-electron chi connectivity index (χ1n) is 16.8. The van der Waals surface area contributed by atoms with Crippen molar-refractivity contribution in [2.45, 2.75) is 76.5 Å². The molecule has 0 radical (unpaired) electrons. The first-order valence-corrected chi connectivity index (χ1v) is 16.8. The minimum Gasteiger partial charge on any atom is -0.346 e. The van der Waals surface area contributed by atoms with Gasteiger partial charge < -0.3 is 41.7 Å². The average Bonchev–Trinajstić information content (AvgIpc) is 3.80. The largest absolute Gasteiger partial charge is 0.346 e. The first-order chi connectivity index (χ1) is 23.5. The molecular formula is C33H46N8O8. The summed E-state index contributed by atoms with van der Waals surface area (Å²) in [6.07, 6.45) is 2.49. The van der Waals surface area contributed by atoms with E-state index in [1.165, 1.54) is 9.80 Å². The van der Waals surface area contributed by atoms with E-state index in [0.29, 0.717) is 45.2 Å². The second kappa shape index (κ2) is 17.4. The molecule has 0 bridgehead atoms. The molecule has 4 rings (SSSR count). The van der Waals surface area contributed by atoms with Gasteiger partial charge in [0, 0.05) is 19.5 Å². The summed E-state index contributed by atoms with van der Waals surface area (Å²) in [5.41, 5.74) is 0.754. The average molecular weight is 683 g/mol. The van der Waals surface area contributed by atoms with Crippen molar-refractivity contribution < 1.29 is 38.4 Å². The number of benzene rings is 1. The summed E-state index contributed by atoms with van der Waals surface area (Å²) in [6.45, 7) is 2.36. The molecule has 3 saturated heterocycles. The molecule has 0 unspecified atom stereocenters. The molecule has 1 aromatic rings. The summed E-state index contributed by atoms with van der Waals surface area (Å²) < 4.78 is 0. The molecule has 3 heterocycles. The zero-order chi connectivity index (χ0) is 35.5. The summed E-state index contributed by atoms with van der Waals surface area (Å²) in [5, 5.41) is 15.2. The van der Waals surface area contributed by atoms with Crippen molar-refractivity contribution in [1.29, 1.82) is 0 Å². The van der Waals surface area contributed by atoms with Crippen LogP contribution >= 0.6 is 0 Å². The molecule has 6 N–H and O–H groups in total. The van der Waals surface area contributed by atoms with Gasteiger partial charge in [-0.05, 0) is 37.2 Å². The van der Waals surface area contributed by atoms with E-state index in [0.717, 1.165) is 5.56 Å². The van der Waals surface area contributed by atoms with Crippen molar-refractivity contribution >= 4 is 47.3 Å². The number of fused-ring (bicyclic) bond motifs is 2. The van der Waals surface area contributed by atoms with Crippen molar-refractivity contribution in [3.8, 4) is 0 Å². The van der Waals surface area contributed by atoms with Gasteiger partial charge in [-0.1, -0.05) is 50.6 Å². The predicted molar refractivity (Wildman–Crippen MR) is 175 cm³/mol. The summed E-state index contributed by atoms with van der Waals surface area (Å²) in [6, 6.07) is 5.20. The third-order valence-corrected chi connectivity index (χ3v) is 9.15. The Kier molecular flexibility index (Phi) is 13.1. The van der Waals surface area contributed by atoms with Crippen molar-refractivity contribution in [2.24, 2.45) is 5.92 Å². The van der Waals surface area contributed by atoms with Crippen molar-refractivity contribution in [2.75, 3.05) is 39.3 Å². The van der Waals surface area contributed by atoms with E-state index in [1.54, 1.807) is 31.2 Å². The molecule has 16 nitrogen and oxygen atoms in total. The highest BCUT2D eigenvalue weighted by Gasteiger charge is 2.42. The van der Waals surface area contributed by atoms with Crippen LogP contribution in [0.5, 0.6) is 0 Å². The maximum absolute atomic E-state index is 13.8. The molecule has 8 amide bonds. The number of nitrogens with one attached hydrogen (secondary N) is 6. The van der Waals surface area contributed by atoms with Crippen LogP contribution in [-0.4, -0.2) is 120 Å². The summed E-state index contributed by atoms with van der Waals surface area (Å²) in [7, 11) is 0. The highest BCUT2D eigenvalue weighted by atomic mass is 16.2. The standard InChI is InChI=1S/C33H46N8O8/c1-3-20(2)29-32(48)37-17-26(43)34-16-25(42)35-19-28(45)40-13-8-12-24(40)33(49)41-14-7-11-23(41)31(47)38-22(15-21-9-5-4-6-10-21)30(46)36-18-27(44)39-29/h4-6,9-10,20,22-24,29H,3,7-8,11-19H2,1-2H3,(H,34,43)(H,35,42)(H,36,46)(H,37,48)(H,38,47)(H,39,44)/t20-,22-,23+,24-,29-/m1/s1. The Hall–Kier alpha value is -5.02. The SMILES string of the molecule is CC[C@@H](C)[C@H]1NC(=O)CNC(=O)[C@@H](Cc2ccccc2)NC(=O)[C@@H]2CCCN2C(=O)[C@H]2CCCN2C(=O)CNC(=O)CNC(=O)CNC1=O. The lowest BCUT2D eigenvalue weighted by atomic mass is 9.98. The first kappa shape index (κ1) is 36.8. The van der Waals surface area contributed by atoms with Crippen LogP contribution in [-0.2, 0) is 44.8 Å². The fourth-order valence-corrected chi connectivity index (χ4v) is 6.22. The zero-order valence-corrected chi connectivity index (χ0v) is 27.9. The summed E-state index contributed by atoms with van der Waals surface area (Å²) in [4.78, 5) is 108. The summed E-state index contributed by atoms with van der Waals surface area (Å²) >= 11 is 0. The minimum atomic E-state index is -1.09. The number of carbonyl (C=O) groups excluding carboxylic acids is 8. The number of hydrogen-bond acceptors (Lipinski definition) is 8. The highest BCUT2D eigenvalue weighted by Crippen LogP contribution is 2.25. The molecule has 266 valence electrons. The molecule has 0 spiro atoms. The van der Waals surface area contributed by atoms with E-state index in [1.807, 2.05) is 13.0 Å². The molecule has 49 heavy (non-hydrogen) atoms. The van der Waals surface area contributed by atoms with E-state index < -0.39 is 91.7 Å². The fraction of sp³-hybridized carbons (Fsp3) is 0.576. The van der Waals surface area contributed by atoms with Gasteiger partial charge in [-0.3, -0.25) is 38.4 Å². The minimum absolute atomic E-state index is 0.108. The van der Waals surface area contributed by atoms with E-state index in [2.05, 4.69) is 31.9 Å². The third-order valence-electron chi connectivity index (χ3n) is 9.15. The Bertz CT molecular complexity index is 1420. The van der Waals surface area contributed by atoms with E-state index in [4.69, 9.17) is 0 Å². The smallest absolute Gasteiger partial charge is 0.246 e.